The minimum Gasteiger partial charge on any atom is -0.460 e. The Hall–Kier alpha value is -0.800. The van der Waals surface area contributed by atoms with Crippen molar-refractivity contribution in [2.24, 2.45) is 0 Å². The zero-order valence-corrected chi connectivity index (χ0v) is 9.43. The Kier molecular flexibility index (Phi) is 2.61. The van der Waals surface area contributed by atoms with Crippen LogP contribution in [0.3, 0.4) is 0 Å². The molecule has 0 N–H and O–H groups in total. The number of hydrogen-bond acceptors (Lipinski definition) is 2. The molecule has 1 aromatic heterocycles. The maximum Gasteiger partial charge on any atom is 0.193 e. The molecule has 0 saturated heterocycles. The van der Waals surface area contributed by atoms with E-state index in [1.54, 1.807) is 12.1 Å². The van der Waals surface area contributed by atoms with Crippen molar-refractivity contribution in [2.45, 2.75) is 5.88 Å². The van der Waals surface area contributed by atoms with Gasteiger partial charge in [0, 0.05) is 10.5 Å². The van der Waals surface area contributed by atoms with Gasteiger partial charge in [0.25, 0.3) is 0 Å². The molecule has 0 atom stereocenters. The maximum atomic E-state index is 11.6. The normalized spacial score (nSPS) is 10.7. The summed E-state index contributed by atoms with van der Waals surface area (Å²) in [7, 11) is 0. The lowest BCUT2D eigenvalue weighted by molar-refractivity contribution is 0.559. The number of halogens is 2. The lowest BCUT2D eigenvalue weighted by atomic mass is 10.2. The first kappa shape index (κ1) is 9.74. The summed E-state index contributed by atoms with van der Waals surface area (Å²) < 4.78 is 6.25. The third-order valence-corrected chi connectivity index (χ3v) is 2.63. The molecule has 2 rings (SSSR count). The average molecular weight is 274 g/mol. The van der Waals surface area contributed by atoms with Crippen LogP contribution in [-0.2, 0) is 5.88 Å². The zero-order valence-electron chi connectivity index (χ0n) is 7.09. The Morgan fingerprint density at radius 3 is 2.86 bits per heavy atom. The molecule has 0 aliphatic carbocycles. The number of hydrogen-bond donors (Lipinski definition) is 0. The Labute approximate surface area is 93.6 Å². The first-order chi connectivity index (χ1) is 6.70. The molecule has 1 heterocycles. The highest BCUT2D eigenvalue weighted by Gasteiger charge is 2.03. The van der Waals surface area contributed by atoms with Gasteiger partial charge in [-0.05, 0) is 18.2 Å². The molecule has 72 valence electrons. The fraction of sp³-hybridized carbons (Fsp3) is 0.100. The van der Waals surface area contributed by atoms with E-state index in [1.165, 1.54) is 6.07 Å². The Morgan fingerprint density at radius 1 is 1.36 bits per heavy atom. The van der Waals surface area contributed by atoms with Crippen LogP contribution in [0.1, 0.15) is 5.76 Å². The molecule has 1 aromatic carbocycles. The van der Waals surface area contributed by atoms with E-state index in [9.17, 15) is 4.79 Å². The van der Waals surface area contributed by atoms with Gasteiger partial charge in [-0.3, -0.25) is 4.79 Å². The van der Waals surface area contributed by atoms with Crippen molar-refractivity contribution in [3.8, 4) is 0 Å². The van der Waals surface area contributed by atoms with Crippen molar-refractivity contribution in [3.63, 3.8) is 0 Å². The van der Waals surface area contributed by atoms with Crippen LogP contribution < -0.4 is 5.43 Å². The Bertz CT molecular complexity index is 533. The summed E-state index contributed by atoms with van der Waals surface area (Å²) in [6.07, 6.45) is 0. The SMILES string of the molecule is O=c1cc(CCl)oc2ccc(Br)cc12. The summed E-state index contributed by atoms with van der Waals surface area (Å²) in [5, 5.41) is 0.563. The molecule has 0 unspecified atom stereocenters. The van der Waals surface area contributed by atoms with E-state index in [4.69, 9.17) is 16.0 Å². The average Bonchev–Trinajstić information content (AvgIpc) is 2.19. The molecular weight excluding hydrogens is 267 g/mol. The second kappa shape index (κ2) is 3.75. The van der Waals surface area contributed by atoms with Crippen LogP contribution >= 0.6 is 27.5 Å². The first-order valence-corrected chi connectivity index (χ1v) is 5.32. The quantitative estimate of drug-likeness (QED) is 0.746. The molecule has 0 spiro atoms. The molecule has 0 bridgehead atoms. The van der Waals surface area contributed by atoms with Crippen molar-refractivity contribution in [2.75, 3.05) is 0 Å². The zero-order chi connectivity index (χ0) is 10.1. The third kappa shape index (κ3) is 1.70. The van der Waals surface area contributed by atoms with Crippen molar-refractivity contribution in [1.29, 1.82) is 0 Å². The number of alkyl halides is 1. The summed E-state index contributed by atoms with van der Waals surface area (Å²) in [6, 6.07) is 6.72. The van der Waals surface area contributed by atoms with Crippen molar-refractivity contribution in [1.82, 2.24) is 0 Å². The van der Waals surface area contributed by atoms with Crippen LogP contribution in [0.4, 0.5) is 0 Å². The number of benzene rings is 1. The van der Waals surface area contributed by atoms with E-state index < -0.39 is 0 Å². The van der Waals surface area contributed by atoms with Crippen LogP contribution in [0.15, 0.2) is 37.9 Å². The van der Waals surface area contributed by atoms with Gasteiger partial charge in [0.2, 0.25) is 0 Å². The molecule has 2 nitrogen and oxygen atoms in total. The van der Waals surface area contributed by atoms with Gasteiger partial charge >= 0.3 is 0 Å². The summed E-state index contributed by atoms with van der Waals surface area (Å²) in [4.78, 5) is 11.6. The summed E-state index contributed by atoms with van der Waals surface area (Å²) in [5.74, 6) is 0.702. The maximum absolute atomic E-state index is 11.6. The van der Waals surface area contributed by atoms with E-state index in [2.05, 4.69) is 15.9 Å². The van der Waals surface area contributed by atoms with Gasteiger partial charge in [-0.1, -0.05) is 15.9 Å². The van der Waals surface area contributed by atoms with Gasteiger partial charge in [0.15, 0.2) is 5.43 Å². The van der Waals surface area contributed by atoms with E-state index in [1.807, 2.05) is 6.07 Å². The van der Waals surface area contributed by atoms with Gasteiger partial charge in [-0.25, -0.2) is 0 Å². The molecular formula is C10H6BrClO2. The largest absolute Gasteiger partial charge is 0.460 e. The number of rotatable bonds is 1. The highest BCUT2D eigenvalue weighted by molar-refractivity contribution is 9.10. The Balaban J connectivity index is 2.83. The molecule has 0 radical (unpaired) electrons. The van der Waals surface area contributed by atoms with Crippen molar-refractivity contribution >= 4 is 38.5 Å². The highest BCUT2D eigenvalue weighted by atomic mass is 79.9. The van der Waals surface area contributed by atoms with Crippen LogP contribution in [-0.4, -0.2) is 0 Å². The fourth-order valence-corrected chi connectivity index (χ4v) is 1.74. The van der Waals surface area contributed by atoms with Crippen LogP contribution in [0.5, 0.6) is 0 Å². The Morgan fingerprint density at radius 2 is 2.14 bits per heavy atom. The number of fused-ring (bicyclic) bond motifs is 1. The standard InChI is InChI=1S/C10H6BrClO2/c11-6-1-2-10-8(3-6)9(13)4-7(5-12)14-10/h1-4H,5H2. The van der Waals surface area contributed by atoms with Crippen LogP contribution in [0.2, 0.25) is 0 Å². The summed E-state index contributed by atoms with van der Waals surface area (Å²) >= 11 is 8.88. The molecule has 0 aliphatic heterocycles. The minimum atomic E-state index is -0.0665. The van der Waals surface area contributed by atoms with Crippen LogP contribution in [0, 0.1) is 0 Å². The van der Waals surface area contributed by atoms with E-state index in [0.717, 1.165) is 4.47 Å². The molecule has 0 amide bonds. The summed E-state index contributed by atoms with van der Waals surface area (Å²) in [5.41, 5.74) is 0.500. The monoisotopic (exact) mass is 272 g/mol. The van der Waals surface area contributed by atoms with Crippen molar-refractivity contribution < 1.29 is 4.42 Å². The molecule has 2 aromatic rings. The van der Waals surface area contributed by atoms with Crippen LogP contribution in [0.25, 0.3) is 11.0 Å². The summed E-state index contributed by atoms with van der Waals surface area (Å²) in [6.45, 7) is 0. The molecule has 0 saturated carbocycles. The van der Waals surface area contributed by atoms with Crippen molar-refractivity contribution in [3.05, 3.63) is 44.7 Å². The van der Waals surface area contributed by atoms with Gasteiger partial charge in [0.1, 0.15) is 11.3 Å². The third-order valence-electron chi connectivity index (χ3n) is 1.87. The molecule has 0 fully saturated rings. The molecule has 0 aliphatic rings. The van der Waals surface area contributed by atoms with E-state index in [0.29, 0.717) is 16.7 Å². The lowest BCUT2D eigenvalue weighted by Crippen LogP contribution is -2.00. The van der Waals surface area contributed by atoms with Gasteiger partial charge in [-0.15, -0.1) is 11.6 Å². The van der Waals surface area contributed by atoms with Gasteiger partial charge in [0.05, 0.1) is 11.3 Å². The fourth-order valence-electron chi connectivity index (χ4n) is 1.24. The molecule has 14 heavy (non-hydrogen) atoms. The minimum absolute atomic E-state index is 0.0665. The second-order valence-corrected chi connectivity index (χ2v) is 4.03. The predicted octanol–water partition coefficient (Wildman–Crippen LogP) is 3.29. The van der Waals surface area contributed by atoms with Gasteiger partial charge < -0.3 is 4.42 Å². The van der Waals surface area contributed by atoms with E-state index in [-0.39, 0.29) is 11.3 Å². The van der Waals surface area contributed by atoms with Gasteiger partial charge in [-0.2, -0.15) is 0 Å². The predicted molar refractivity (Wildman–Crippen MR) is 59.7 cm³/mol. The smallest absolute Gasteiger partial charge is 0.193 e. The lowest BCUT2D eigenvalue weighted by Gasteiger charge is -1.99. The first-order valence-electron chi connectivity index (χ1n) is 3.99. The highest BCUT2D eigenvalue weighted by Crippen LogP contribution is 2.18. The second-order valence-electron chi connectivity index (χ2n) is 2.85. The van der Waals surface area contributed by atoms with E-state index >= 15 is 0 Å². The topological polar surface area (TPSA) is 30.2 Å². The molecule has 4 heteroatoms.